The molecule has 0 saturated carbocycles. The Balaban J connectivity index is 1.67. The van der Waals surface area contributed by atoms with Gasteiger partial charge in [0.2, 0.25) is 0 Å². The Bertz CT molecular complexity index is 462. The second-order valence-corrected chi connectivity index (χ2v) is 6.80. The zero-order valence-electron chi connectivity index (χ0n) is 14.7. The quantitative estimate of drug-likeness (QED) is 0.516. The minimum atomic E-state index is -1.14. The van der Waals surface area contributed by atoms with Crippen molar-refractivity contribution in [1.29, 1.82) is 0 Å². The van der Waals surface area contributed by atoms with Gasteiger partial charge in [0.25, 0.3) is 0 Å². The summed E-state index contributed by atoms with van der Waals surface area (Å²) >= 11 is 0. The number of Topliss-reactive ketones (excluding diaryl/α,β-unsaturated/α-hetero) is 1. The molecule has 2 aliphatic rings. The fourth-order valence-electron chi connectivity index (χ4n) is 3.50. The van der Waals surface area contributed by atoms with Gasteiger partial charge in [0.05, 0.1) is 13.2 Å². The smallest absolute Gasteiger partial charge is 0.305 e. The second-order valence-electron chi connectivity index (χ2n) is 6.80. The highest BCUT2D eigenvalue weighted by Crippen LogP contribution is 2.38. The number of ether oxygens (including phenoxy) is 2. The van der Waals surface area contributed by atoms with E-state index in [4.69, 9.17) is 9.47 Å². The summed E-state index contributed by atoms with van der Waals surface area (Å²) in [7, 11) is 0. The second kappa shape index (κ2) is 9.33. The number of unbranched alkanes of at least 4 members (excludes halogenated alkanes) is 3. The zero-order valence-corrected chi connectivity index (χ0v) is 14.7. The average molecular weight is 338 g/mol. The minimum absolute atomic E-state index is 0.130. The van der Waals surface area contributed by atoms with Crippen LogP contribution in [-0.2, 0) is 19.1 Å². The molecule has 5 heteroatoms. The molecule has 0 bridgehead atoms. The third-order valence-corrected chi connectivity index (χ3v) is 4.91. The van der Waals surface area contributed by atoms with Crippen molar-refractivity contribution in [3.05, 3.63) is 11.6 Å². The lowest BCUT2D eigenvalue weighted by Gasteiger charge is -2.36. The molecule has 1 aliphatic heterocycles. The number of allylic oxidation sites excluding steroid dienone is 1. The summed E-state index contributed by atoms with van der Waals surface area (Å²) in [6.07, 6.45) is 9.81. The van der Waals surface area contributed by atoms with Crippen LogP contribution >= 0.6 is 0 Å². The fourth-order valence-corrected chi connectivity index (χ4v) is 3.50. The lowest BCUT2D eigenvalue weighted by atomic mass is 9.91. The van der Waals surface area contributed by atoms with Crippen molar-refractivity contribution in [2.45, 2.75) is 76.9 Å². The maximum Gasteiger partial charge on any atom is 0.305 e. The standard InChI is InChI=1S/C19H30O5/c1-2-23-18(21)10-6-4-3-5-9-15-13-16(14-17(15)20)19(22)11-7-8-12-24-19/h13,16,22H,2-12,14H2,1H3. The van der Waals surface area contributed by atoms with Gasteiger partial charge in [-0.3, -0.25) is 9.59 Å². The van der Waals surface area contributed by atoms with Crippen molar-refractivity contribution in [1.82, 2.24) is 0 Å². The Kier molecular flexibility index (Phi) is 7.43. The van der Waals surface area contributed by atoms with E-state index < -0.39 is 5.79 Å². The van der Waals surface area contributed by atoms with E-state index in [0.717, 1.165) is 50.5 Å². The third-order valence-electron chi connectivity index (χ3n) is 4.91. The van der Waals surface area contributed by atoms with E-state index in [2.05, 4.69) is 0 Å². The molecular formula is C19H30O5. The van der Waals surface area contributed by atoms with Gasteiger partial charge in [-0.05, 0) is 44.6 Å². The molecule has 0 amide bonds. The van der Waals surface area contributed by atoms with Gasteiger partial charge in [-0.25, -0.2) is 0 Å². The fraction of sp³-hybridized carbons (Fsp3) is 0.789. The maximum atomic E-state index is 12.2. The molecule has 0 spiro atoms. The Hall–Kier alpha value is -1.20. The van der Waals surface area contributed by atoms with Crippen LogP contribution in [0.25, 0.3) is 0 Å². The van der Waals surface area contributed by atoms with Gasteiger partial charge < -0.3 is 14.6 Å². The molecule has 0 aromatic rings. The van der Waals surface area contributed by atoms with E-state index >= 15 is 0 Å². The Morgan fingerprint density at radius 2 is 2.12 bits per heavy atom. The Morgan fingerprint density at radius 3 is 2.83 bits per heavy atom. The predicted molar refractivity (Wildman–Crippen MR) is 90.3 cm³/mol. The summed E-state index contributed by atoms with van der Waals surface area (Å²) in [6.45, 7) is 2.82. The topological polar surface area (TPSA) is 72.8 Å². The van der Waals surface area contributed by atoms with Crippen molar-refractivity contribution in [3.8, 4) is 0 Å². The molecule has 136 valence electrons. The highest BCUT2D eigenvalue weighted by atomic mass is 16.6. The van der Waals surface area contributed by atoms with E-state index in [1.807, 2.05) is 13.0 Å². The molecule has 24 heavy (non-hydrogen) atoms. The van der Waals surface area contributed by atoms with Crippen LogP contribution in [0.15, 0.2) is 11.6 Å². The van der Waals surface area contributed by atoms with Gasteiger partial charge in [0, 0.05) is 25.2 Å². The summed E-state index contributed by atoms with van der Waals surface area (Å²) in [4.78, 5) is 23.4. The van der Waals surface area contributed by atoms with Crippen LogP contribution in [0, 0.1) is 5.92 Å². The monoisotopic (exact) mass is 338 g/mol. The first-order valence-electron chi connectivity index (χ1n) is 9.31. The molecule has 1 aliphatic carbocycles. The number of carbonyl (C=O) groups is 2. The average Bonchev–Trinajstić information content (AvgIpc) is 2.94. The molecular weight excluding hydrogens is 308 g/mol. The van der Waals surface area contributed by atoms with Crippen LogP contribution in [0.2, 0.25) is 0 Å². The van der Waals surface area contributed by atoms with Gasteiger partial charge in [-0.1, -0.05) is 18.9 Å². The number of ketones is 1. The van der Waals surface area contributed by atoms with Crippen molar-refractivity contribution >= 4 is 11.8 Å². The van der Waals surface area contributed by atoms with Crippen LogP contribution in [-0.4, -0.2) is 35.9 Å². The number of rotatable bonds is 9. The molecule has 1 saturated heterocycles. The Labute approximate surface area is 144 Å². The van der Waals surface area contributed by atoms with Gasteiger partial charge in [-0.2, -0.15) is 0 Å². The molecule has 1 N–H and O–H groups in total. The molecule has 0 aromatic carbocycles. The molecule has 2 atom stereocenters. The van der Waals surface area contributed by atoms with Crippen LogP contribution in [0.5, 0.6) is 0 Å². The van der Waals surface area contributed by atoms with Crippen molar-refractivity contribution in [2.24, 2.45) is 5.92 Å². The molecule has 1 fully saturated rings. The first kappa shape index (κ1) is 19.1. The summed E-state index contributed by atoms with van der Waals surface area (Å²) in [6, 6.07) is 0. The van der Waals surface area contributed by atoms with Gasteiger partial charge in [-0.15, -0.1) is 0 Å². The van der Waals surface area contributed by atoms with Crippen LogP contribution in [0.4, 0.5) is 0 Å². The van der Waals surface area contributed by atoms with Crippen LogP contribution < -0.4 is 0 Å². The summed E-state index contributed by atoms with van der Waals surface area (Å²) in [5.74, 6) is -1.32. The van der Waals surface area contributed by atoms with E-state index in [1.165, 1.54) is 0 Å². The summed E-state index contributed by atoms with van der Waals surface area (Å²) in [5, 5.41) is 10.6. The van der Waals surface area contributed by atoms with E-state index in [0.29, 0.717) is 32.5 Å². The highest BCUT2D eigenvalue weighted by Gasteiger charge is 2.42. The normalized spacial score (nSPS) is 27.2. The first-order chi connectivity index (χ1) is 11.5. The molecule has 0 aromatic heterocycles. The maximum absolute atomic E-state index is 12.2. The molecule has 1 heterocycles. The van der Waals surface area contributed by atoms with Gasteiger partial charge >= 0.3 is 5.97 Å². The SMILES string of the molecule is CCOC(=O)CCCCCCC1=CC(C2(O)CCCCO2)CC1=O. The van der Waals surface area contributed by atoms with Crippen molar-refractivity contribution in [2.75, 3.05) is 13.2 Å². The summed E-state index contributed by atoms with van der Waals surface area (Å²) < 4.78 is 10.5. The van der Waals surface area contributed by atoms with Crippen molar-refractivity contribution in [3.63, 3.8) is 0 Å². The number of hydrogen-bond donors (Lipinski definition) is 1. The van der Waals surface area contributed by atoms with E-state index in [-0.39, 0.29) is 17.7 Å². The van der Waals surface area contributed by atoms with Crippen LogP contribution in [0.3, 0.4) is 0 Å². The molecule has 5 nitrogen and oxygen atoms in total. The number of carbonyl (C=O) groups excluding carboxylic acids is 2. The van der Waals surface area contributed by atoms with Crippen molar-refractivity contribution < 1.29 is 24.2 Å². The predicted octanol–water partition coefficient (Wildman–Crippen LogP) is 3.29. The molecule has 0 radical (unpaired) electrons. The third kappa shape index (κ3) is 5.42. The largest absolute Gasteiger partial charge is 0.466 e. The molecule has 2 rings (SSSR count). The molecule has 2 unspecified atom stereocenters. The van der Waals surface area contributed by atoms with Gasteiger partial charge in [0.15, 0.2) is 11.6 Å². The number of aliphatic hydroxyl groups is 1. The van der Waals surface area contributed by atoms with E-state index in [9.17, 15) is 14.7 Å². The Morgan fingerprint density at radius 1 is 1.33 bits per heavy atom. The highest BCUT2D eigenvalue weighted by molar-refractivity contribution is 5.98. The lowest BCUT2D eigenvalue weighted by molar-refractivity contribution is -0.246. The number of hydrogen-bond acceptors (Lipinski definition) is 5. The summed E-state index contributed by atoms with van der Waals surface area (Å²) in [5.41, 5.74) is 0.841. The van der Waals surface area contributed by atoms with E-state index in [1.54, 1.807) is 0 Å². The first-order valence-corrected chi connectivity index (χ1v) is 9.31. The lowest BCUT2D eigenvalue weighted by Crippen LogP contribution is -2.42. The van der Waals surface area contributed by atoms with Gasteiger partial charge in [0.1, 0.15) is 0 Å². The van der Waals surface area contributed by atoms with Crippen LogP contribution in [0.1, 0.15) is 71.1 Å². The zero-order chi connectivity index (χ0) is 17.4. The number of esters is 1. The minimum Gasteiger partial charge on any atom is -0.466 e.